The molecule has 1 rings (SSSR count). The first-order valence-corrected chi connectivity index (χ1v) is 8.09. The number of amides is 1. The number of hydrogen-bond acceptors (Lipinski definition) is 3. The van der Waals surface area contributed by atoms with Crippen LogP contribution in [0.2, 0.25) is 0 Å². The smallest absolute Gasteiger partial charge is 0.224 e. The Bertz CT molecular complexity index is 467. The number of carbonyl (C=O) groups excluding carboxylic acids is 1. The van der Waals surface area contributed by atoms with Gasteiger partial charge >= 0.3 is 0 Å². The van der Waals surface area contributed by atoms with E-state index in [0.29, 0.717) is 30.3 Å². The summed E-state index contributed by atoms with van der Waals surface area (Å²) in [5.41, 5.74) is 6.21. The summed E-state index contributed by atoms with van der Waals surface area (Å²) in [5, 5.41) is 2.89. The van der Waals surface area contributed by atoms with Gasteiger partial charge in [0.15, 0.2) is 0 Å². The third kappa shape index (κ3) is 5.42. The molecular formula is C14H20Br2N2O2. The maximum Gasteiger partial charge on any atom is 0.224 e. The summed E-state index contributed by atoms with van der Waals surface area (Å²) in [6.45, 7) is 2.77. The second-order valence-corrected chi connectivity index (χ2v) is 6.44. The molecule has 20 heavy (non-hydrogen) atoms. The number of hydrogen-bond donors (Lipinski definition) is 2. The van der Waals surface area contributed by atoms with E-state index in [-0.39, 0.29) is 5.91 Å². The first kappa shape index (κ1) is 17.5. The van der Waals surface area contributed by atoms with E-state index in [0.717, 1.165) is 21.8 Å². The van der Waals surface area contributed by atoms with Crippen LogP contribution in [-0.4, -0.2) is 19.6 Å². The highest BCUT2D eigenvalue weighted by molar-refractivity contribution is 9.11. The molecule has 1 aromatic carbocycles. The molecule has 0 fully saturated rings. The highest BCUT2D eigenvalue weighted by Gasteiger charge is 2.11. The Morgan fingerprint density at radius 1 is 1.35 bits per heavy atom. The lowest BCUT2D eigenvalue weighted by Gasteiger charge is -2.12. The maximum absolute atomic E-state index is 11.9. The minimum atomic E-state index is -0.000975. The predicted molar refractivity (Wildman–Crippen MR) is 89.1 cm³/mol. The van der Waals surface area contributed by atoms with Crippen LogP contribution in [0, 0.1) is 5.92 Å². The van der Waals surface area contributed by atoms with Gasteiger partial charge in [-0.25, -0.2) is 0 Å². The highest BCUT2D eigenvalue weighted by Crippen LogP contribution is 2.34. The van der Waals surface area contributed by atoms with E-state index in [1.54, 1.807) is 13.2 Å². The van der Waals surface area contributed by atoms with Crippen LogP contribution in [0.3, 0.4) is 0 Å². The van der Waals surface area contributed by atoms with Gasteiger partial charge in [-0.05, 0) is 63.2 Å². The summed E-state index contributed by atoms with van der Waals surface area (Å²) < 4.78 is 6.87. The number of rotatable bonds is 7. The molecule has 0 saturated heterocycles. The molecule has 1 amide bonds. The van der Waals surface area contributed by atoms with Gasteiger partial charge in [-0.2, -0.15) is 0 Å². The Hall–Kier alpha value is -0.590. The fourth-order valence-corrected chi connectivity index (χ4v) is 3.06. The number of carbonyl (C=O) groups is 1. The standard InChI is InChI=1S/C14H20Br2N2O2/c1-9(5-6-17)3-4-14(19)18-12-8-13(20-2)11(16)7-10(12)15/h7-9H,3-6,17H2,1-2H3,(H,18,19). The molecule has 0 aliphatic rings. The zero-order valence-electron chi connectivity index (χ0n) is 11.7. The van der Waals surface area contributed by atoms with Crippen molar-refractivity contribution in [3.63, 3.8) is 0 Å². The second kappa shape index (κ2) is 8.64. The summed E-state index contributed by atoms with van der Waals surface area (Å²) in [7, 11) is 1.59. The summed E-state index contributed by atoms with van der Waals surface area (Å²) >= 11 is 6.82. The first-order valence-electron chi connectivity index (χ1n) is 6.50. The van der Waals surface area contributed by atoms with Crippen LogP contribution in [0.1, 0.15) is 26.2 Å². The van der Waals surface area contributed by atoms with Gasteiger partial charge in [0.1, 0.15) is 5.75 Å². The lowest BCUT2D eigenvalue weighted by Crippen LogP contribution is -2.14. The fourth-order valence-electron chi connectivity index (χ4n) is 1.80. The van der Waals surface area contributed by atoms with Crippen molar-refractivity contribution in [3.05, 3.63) is 21.1 Å². The van der Waals surface area contributed by atoms with Crippen molar-refractivity contribution >= 4 is 43.5 Å². The molecule has 0 aliphatic carbocycles. The molecule has 0 saturated carbocycles. The number of nitrogens with one attached hydrogen (secondary N) is 1. The Balaban J connectivity index is 2.62. The minimum Gasteiger partial charge on any atom is -0.495 e. The molecule has 1 unspecified atom stereocenters. The monoisotopic (exact) mass is 406 g/mol. The van der Waals surface area contributed by atoms with E-state index >= 15 is 0 Å². The van der Waals surface area contributed by atoms with Crippen molar-refractivity contribution in [1.29, 1.82) is 0 Å². The molecule has 3 N–H and O–H groups in total. The third-order valence-electron chi connectivity index (χ3n) is 3.04. The molecule has 0 radical (unpaired) electrons. The van der Waals surface area contributed by atoms with Crippen LogP contribution >= 0.6 is 31.9 Å². The van der Waals surface area contributed by atoms with Gasteiger partial charge in [-0.1, -0.05) is 6.92 Å². The number of methoxy groups -OCH3 is 1. The Kier molecular flexibility index (Phi) is 7.55. The van der Waals surface area contributed by atoms with Gasteiger partial charge < -0.3 is 15.8 Å². The van der Waals surface area contributed by atoms with Crippen molar-refractivity contribution in [2.45, 2.75) is 26.2 Å². The third-order valence-corrected chi connectivity index (χ3v) is 4.32. The molecule has 1 aromatic rings. The van der Waals surface area contributed by atoms with Crippen molar-refractivity contribution in [1.82, 2.24) is 0 Å². The topological polar surface area (TPSA) is 64.3 Å². The molecule has 6 heteroatoms. The van der Waals surface area contributed by atoms with E-state index < -0.39 is 0 Å². The lowest BCUT2D eigenvalue weighted by atomic mass is 10.0. The molecule has 0 spiro atoms. The molecular weight excluding hydrogens is 388 g/mol. The van der Waals surface area contributed by atoms with Gasteiger partial charge in [-0.3, -0.25) is 4.79 Å². The number of nitrogens with two attached hydrogens (primary N) is 1. The van der Waals surface area contributed by atoms with Crippen LogP contribution < -0.4 is 15.8 Å². The molecule has 0 bridgehead atoms. The average molecular weight is 408 g/mol. The van der Waals surface area contributed by atoms with Gasteiger partial charge in [-0.15, -0.1) is 0 Å². The van der Waals surface area contributed by atoms with Crippen molar-refractivity contribution in [2.24, 2.45) is 11.7 Å². The van der Waals surface area contributed by atoms with E-state index in [1.807, 2.05) is 6.07 Å². The Morgan fingerprint density at radius 2 is 2.05 bits per heavy atom. The zero-order valence-corrected chi connectivity index (χ0v) is 14.9. The largest absolute Gasteiger partial charge is 0.495 e. The maximum atomic E-state index is 11.9. The summed E-state index contributed by atoms with van der Waals surface area (Å²) in [4.78, 5) is 11.9. The van der Waals surface area contributed by atoms with Gasteiger partial charge in [0.25, 0.3) is 0 Å². The van der Waals surface area contributed by atoms with Crippen LogP contribution in [-0.2, 0) is 4.79 Å². The van der Waals surface area contributed by atoms with E-state index in [9.17, 15) is 4.79 Å². The van der Waals surface area contributed by atoms with E-state index in [2.05, 4.69) is 44.1 Å². The van der Waals surface area contributed by atoms with Crippen molar-refractivity contribution in [3.8, 4) is 5.75 Å². The first-order chi connectivity index (χ1) is 9.47. The van der Waals surface area contributed by atoms with Crippen LogP contribution in [0.5, 0.6) is 5.75 Å². The number of anilines is 1. The second-order valence-electron chi connectivity index (χ2n) is 4.74. The molecule has 112 valence electrons. The van der Waals surface area contributed by atoms with Crippen LogP contribution in [0.15, 0.2) is 21.1 Å². The zero-order chi connectivity index (χ0) is 15.1. The number of benzene rings is 1. The number of halogens is 2. The Morgan fingerprint density at radius 3 is 2.65 bits per heavy atom. The highest BCUT2D eigenvalue weighted by atomic mass is 79.9. The van der Waals surface area contributed by atoms with Gasteiger partial charge in [0.05, 0.1) is 17.3 Å². The molecule has 0 aromatic heterocycles. The molecule has 0 aliphatic heterocycles. The van der Waals surface area contributed by atoms with E-state index in [4.69, 9.17) is 10.5 Å². The molecule has 0 heterocycles. The van der Waals surface area contributed by atoms with Crippen LogP contribution in [0.25, 0.3) is 0 Å². The summed E-state index contributed by atoms with van der Waals surface area (Å²) in [5.74, 6) is 1.15. The SMILES string of the molecule is COc1cc(NC(=O)CCC(C)CCN)c(Br)cc1Br. The quantitative estimate of drug-likeness (QED) is 0.719. The van der Waals surface area contributed by atoms with Crippen molar-refractivity contribution in [2.75, 3.05) is 19.0 Å². The van der Waals surface area contributed by atoms with Crippen LogP contribution in [0.4, 0.5) is 5.69 Å². The minimum absolute atomic E-state index is 0.000975. The van der Waals surface area contributed by atoms with E-state index in [1.165, 1.54) is 0 Å². The van der Waals surface area contributed by atoms with Gasteiger partial charge in [0, 0.05) is 17.0 Å². The number of ether oxygens (including phenoxy) is 1. The molecule has 4 nitrogen and oxygen atoms in total. The lowest BCUT2D eigenvalue weighted by molar-refractivity contribution is -0.116. The van der Waals surface area contributed by atoms with Gasteiger partial charge in [0.2, 0.25) is 5.91 Å². The average Bonchev–Trinajstić information content (AvgIpc) is 2.40. The fraction of sp³-hybridized carbons (Fsp3) is 0.500. The normalized spacial score (nSPS) is 12.1. The van der Waals surface area contributed by atoms with Crippen molar-refractivity contribution < 1.29 is 9.53 Å². The molecule has 1 atom stereocenters. The predicted octanol–water partition coefficient (Wildman–Crippen LogP) is 3.92. The summed E-state index contributed by atoms with van der Waals surface area (Å²) in [6.07, 6.45) is 2.28. The Labute approximate surface area is 136 Å². The summed E-state index contributed by atoms with van der Waals surface area (Å²) in [6, 6.07) is 3.64.